The highest BCUT2D eigenvalue weighted by atomic mass is 79.9. The Morgan fingerprint density at radius 2 is 1.16 bits per heavy atom. The first-order valence-corrected chi connectivity index (χ1v) is 19.7. The zero-order chi connectivity index (χ0) is 42.2. The van der Waals surface area contributed by atoms with Gasteiger partial charge in [0, 0.05) is 4.47 Å². The molecule has 4 aromatic carbocycles. The summed E-state index contributed by atoms with van der Waals surface area (Å²) >= 11 is 3.55. The lowest BCUT2D eigenvalue weighted by Crippen LogP contribution is -2.49. The standard InChI is InChI=1S/C23H28BrNO4.C23H27NO4/c1-22(2,3)29-20(26)15-25(21(27)28-16-17-11-7-6-8-12-17)23(4,5)18-13-9-10-14-19(18)24;1-22(2,3)28-20(25)19-17-13-9-10-14-18(17)23(4,5)24(19)21(26)27-15-16-11-7-6-8-12-16/h6-14H,15-16H2,1-5H3;6-14,19H,15H2,1-5H3. The van der Waals surface area contributed by atoms with Crippen LogP contribution in [0.4, 0.5) is 9.59 Å². The second-order valence-corrected chi connectivity index (χ2v) is 17.6. The van der Waals surface area contributed by atoms with Gasteiger partial charge in [-0.2, -0.15) is 0 Å². The molecule has 1 aliphatic heterocycles. The van der Waals surface area contributed by atoms with Crippen LogP contribution < -0.4 is 0 Å². The number of carbonyl (C=O) groups excluding carboxylic acids is 4. The van der Waals surface area contributed by atoms with Crippen LogP contribution in [0.25, 0.3) is 0 Å². The van der Waals surface area contributed by atoms with Gasteiger partial charge in [-0.05, 0) is 103 Å². The molecule has 1 aliphatic rings. The molecule has 2 amide bonds. The molecule has 1 unspecified atom stereocenters. The van der Waals surface area contributed by atoms with Gasteiger partial charge in [0.2, 0.25) is 0 Å². The zero-order valence-electron chi connectivity index (χ0n) is 34.6. The maximum absolute atomic E-state index is 13.1. The van der Waals surface area contributed by atoms with E-state index in [0.717, 1.165) is 32.3 Å². The van der Waals surface area contributed by atoms with Crippen molar-refractivity contribution in [1.82, 2.24) is 9.80 Å². The molecule has 0 N–H and O–H groups in total. The number of fused-ring (bicyclic) bond motifs is 1. The highest BCUT2D eigenvalue weighted by Gasteiger charge is 2.51. The number of rotatable bonds is 9. The summed E-state index contributed by atoms with van der Waals surface area (Å²) in [6.45, 7) is 18.5. The highest BCUT2D eigenvalue weighted by molar-refractivity contribution is 9.10. The molecule has 11 heteroatoms. The van der Waals surface area contributed by atoms with Crippen LogP contribution in [0.3, 0.4) is 0 Å². The average molecular weight is 844 g/mol. The second kappa shape index (κ2) is 18.4. The topological polar surface area (TPSA) is 112 Å². The smallest absolute Gasteiger partial charge is 0.411 e. The van der Waals surface area contributed by atoms with Crippen molar-refractivity contribution in [2.75, 3.05) is 6.54 Å². The fourth-order valence-electron chi connectivity index (χ4n) is 6.49. The number of amides is 2. The molecule has 0 bridgehead atoms. The minimum absolute atomic E-state index is 0.122. The lowest BCUT2D eigenvalue weighted by molar-refractivity contribution is -0.162. The van der Waals surface area contributed by atoms with E-state index in [1.807, 2.05) is 158 Å². The molecule has 0 saturated carbocycles. The van der Waals surface area contributed by atoms with Crippen molar-refractivity contribution >= 4 is 40.1 Å². The summed E-state index contributed by atoms with van der Waals surface area (Å²) in [6, 6.07) is 33.2. The predicted molar refractivity (Wildman–Crippen MR) is 223 cm³/mol. The fraction of sp³-hybridized carbons (Fsp3) is 0.391. The monoisotopic (exact) mass is 842 g/mol. The molecule has 1 heterocycles. The maximum Gasteiger partial charge on any atom is 0.411 e. The molecule has 0 fully saturated rings. The van der Waals surface area contributed by atoms with E-state index in [0.29, 0.717) is 0 Å². The van der Waals surface area contributed by atoms with Crippen LogP contribution in [0, 0.1) is 0 Å². The van der Waals surface area contributed by atoms with Crippen LogP contribution in [-0.2, 0) is 52.8 Å². The van der Waals surface area contributed by atoms with Crippen molar-refractivity contribution in [2.24, 2.45) is 0 Å². The van der Waals surface area contributed by atoms with Gasteiger partial charge in [-0.25, -0.2) is 14.4 Å². The lowest BCUT2D eigenvalue weighted by Gasteiger charge is -2.38. The van der Waals surface area contributed by atoms with Crippen LogP contribution in [0.2, 0.25) is 0 Å². The third-order valence-corrected chi connectivity index (χ3v) is 9.84. The van der Waals surface area contributed by atoms with E-state index in [2.05, 4.69) is 15.9 Å². The largest absolute Gasteiger partial charge is 0.459 e. The van der Waals surface area contributed by atoms with Gasteiger partial charge >= 0.3 is 24.1 Å². The Morgan fingerprint density at radius 1 is 0.667 bits per heavy atom. The number of benzene rings is 4. The third-order valence-electron chi connectivity index (χ3n) is 9.15. The van der Waals surface area contributed by atoms with Crippen LogP contribution in [-0.4, -0.2) is 51.7 Å². The van der Waals surface area contributed by atoms with Crippen LogP contribution in [0.1, 0.15) is 103 Å². The van der Waals surface area contributed by atoms with Gasteiger partial charge in [0.1, 0.15) is 31.0 Å². The summed E-state index contributed by atoms with van der Waals surface area (Å²) in [5, 5.41) is 0. The Balaban J connectivity index is 0.000000253. The van der Waals surface area contributed by atoms with E-state index in [9.17, 15) is 19.2 Å². The van der Waals surface area contributed by atoms with Gasteiger partial charge in [0.15, 0.2) is 6.04 Å². The third kappa shape index (κ3) is 11.9. The lowest BCUT2D eigenvalue weighted by atomic mass is 9.92. The summed E-state index contributed by atoms with van der Waals surface area (Å²) in [6.07, 6.45) is -1.12. The SMILES string of the molecule is CC(C)(C)OC(=O)C1c2ccccc2C(C)(C)N1C(=O)OCc1ccccc1.CC(C)(C)OC(=O)CN(C(=O)OCc1ccccc1)C(C)(C)c1ccccc1Br. The Labute approximate surface area is 345 Å². The van der Waals surface area contributed by atoms with E-state index in [4.69, 9.17) is 18.9 Å². The molecule has 1 atom stereocenters. The number of esters is 2. The molecular weight excluding hydrogens is 788 g/mol. The summed E-state index contributed by atoms with van der Waals surface area (Å²) < 4.78 is 23.0. The molecule has 0 radical (unpaired) electrons. The molecule has 0 aromatic heterocycles. The minimum Gasteiger partial charge on any atom is -0.459 e. The summed E-state index contributed by atoms with van der Waals surface area (Å²) in [4.78, 5) is 54.6. The van der Waals surface area contributed by atoms with Crippen molar-refractivity contribution in [2.45, 2.75) is 111 Å². The van der Waals surface area contributed by atoms with E-state index in [1.165, 1.54) is 9.80 Å². The molecule has 4 aromatic rings. The summed E-state index contributed by atoms with van der Waals surface area (Å²) in [7, 11) is 0. The summed E-state index contributed by atoms with van der Waals surface area (Å²) in [5.74, 6) is -0.948. The van der Waals surface area contributed by atoms with Crippen molar-refractivity contribution < 1.29 is 38.1 Å². The number of nitrogens with zero attached hydrogens (tertiary/aromatic N) is 2. The first-order valence-electron chi connectivity index (χ1n) is 18.9. The van der Waals surface area contributed by atoms with Gasteiger partial charge in [-0.15, -0.1) is 0 Å². The molecule has 0 spiro atoms. The van der Waals surface area contributed by atoms with E-state index < -0.39 is 52.4 Å². The van der Waals surface area contributed by atoms with Gasteiger partial charge < -0.3 is 18.9 Å². The van der Waals surface area contributed by atoms with Gasteiger partial charge in [0.05, 0.1) is 11.1 Å². The molecule has 10 nitrogen and oxygen atoms in total. The summed E-state index contributed by atoms with van der Waals surface area (Å²) in [5.41, 5.74) is 1.50. The molecule has 0 aliphatic carbocycles. The van der Waals surface area contributed by atoms with Crippen molar-refractivity contribution in [3.63, 3.8) is 0 Å². The van der Waals surface area contributed by atoms with E-state index in [1.54, 1.807) is 20.8 Å². The van der Waals surface area contributed by atoms with Crippen LogP contribution in [0.15, 0.2) is 114 Å². The Kier molecular flexibility index (Phi) is 14.4. The highest BCUT2D eigenvalue weighted by Crippen LogP contribution is 2.47. The van der Waals surface area contributed by atoms with Gasteiger partial charge in [-0.1, -0.05) is 119 Å². The van der Waals surface area contributed by atoms with Gasteiger partial charge in [0.25, 0.3) is 0 Å². The number of carbonyl (C=O) groups is 4. The predicted octanol–water partition coefficient (Wildman–Crippen LogP) is 10.6. The number of hydrogen-bond acceptors (Lipinski definition) is 8. The Hall–Kier alpha value is -5.16. The van der Waals surface area contributed by atoms with Crippen molar-refractivity contribution in [3.8, 4) is 0 Å². The Bertz CT molecular complexity index is 2000. The van der Waals surface area contributed by atoms with Crippen molar-refractivity contribution in [1.29, 1.82) is 0 Å². The van der Waals surface area contributed by atoms with Crippen LogP contribution >= 0.6 is 15.9 Å². The first-order chi connectivity index (χ1) is 26.6. The Morgan fingerprint density at radius 3 is 1.70 bits per heavy atom. The normalized spacial score (nSPS) is 14.6. The van der Waals surface area contributed by atoms with E-state index in [-0.39, 0.29) is 19.8 Å². The first kappa shape index (κ1) is 44.6. The average Bonchev–Trinajstić information content (AvgIpc) is 3.38. The quantitative estimate of drug-likeness (QED) is 0.121. The number of halogens is 1. The number of hydrogen-bond donors (Lipinski definition) is 0. The zero-order valence-corrected chi connectivity index (χ0v) is 36.2. The molecular formula is C46H55BrN2O8. The van der Waals surface area contributed by atoms with Crippen molar-refractivity contribution in [3.05, 3.63) is 141 Å². The minimum atomic E-state index is -0.839. The van der Waals surface area contributed by atoms with E-state index >= 15 is 0 Å². The fourth-order valence-corrected chi connectivity index (χ4v) is 7.26. The number of ether oxygens (including phenoxy) is 4. The second-order valence-electron chi connectivity index (χ2n) is 16.7. The van der Waals surface area contributed by atoms with Crippen LogP contribution in [0.5, 0.6) is 0 Å². The molecule has 0 saturated heterocycles. The molecule has 304 valence electrons. The molecule has 5 rings (SSSR count). The van der Waals surface area contributed by atoms with Gasteiger partial charge in [-0.3, -0.25) is 14.6 Å². The molecule has 57 heavy (non-hydrogen) atoms. The maximum atomic E-state index is 13.1.